The highest BCUT2D eigenvalue weighted by Gasteiger charge is 2.32. The molecule has 1 aromatic rings. The minimum atomic E-state index is 0.397. The van der Waals surface area contributed by atoms with Crippen LogP contribution in [0.15, 0.2) is 12.4 Å². The van der Waals surface area contributed by atoms with Gasteiger partial charge in [0.1, 0.15) is 0 Å². The van der Waals surface area contributed by atoms with Gasteiger partial charge in [-0.2, -0.15) is 16.9 Å². The van der Waals surface area contributed by atoms with Gasteiger partial charge in [0.05, 0.1) is 6.20 Å². The molecule has 1 aliphatic rings. The molecule has 1 unspecified atom stereocenters. The van der Waals surface area contributed by atoms with E-state index in [0.717, 1.165) is 6.54 Å². The third kappa shape index (κ3) is 3.05. The minimum Gasteiger partial charge on any atom is -0.309 e. The molecule has 0 saturated heterocycles. The lowest BCUT2D eigenvalue weighted by atomic mass is 10.1. The minimum absolute atomic E-state index is 0.397. The highest BCUT2D eigenvalue weighted by atomic mass is 32.2. The van der Waals surface area contributed by atoms with Crippen LogP contribution in [0, 0.1) is 0 Å². The Bertz CT molecular complexity index is 355. The first-order chi connectivity index (χ1) is 8.15. The quantitative estimate of drug-likeness (QED) is 0.875. The number of rotatable bonds is 5. The van der Waals surface area contributed by atoms with E-state index in [1.807, 2.05) is 29.7 Å². The van der Waals surface area contributed by atoms with Crippen LogP contribution in [0.2, 0.25) is 0 Å². The molecule has 1 heterocycles. The fourth-order valence-electron chi connectivity index (χ4n) is 2.59. The van der Waals surface area contributed by atoms with Gasteiger partial charge in [-0.1, -0.05) is 12.8 Å². The first-order valence-electron chi connectivity index (χ1n) is 6.42. The summed E-state index contributed by atoms with van der Waals surface area (Å²) in [6.07, 6.45) is 11.8. The summed E-state index contributed by atoms with van der Waals surface area (Å²) in [5.74, 6) is 0. The lowest BCUT2D eigenvalue weighted by Gasteiger charge is -2.28. The van der Waals surface area contributed by atoms with Crippen LogP contribution in [0.3, 0.4) is 0 Å². The van der Waals surface area contributed by atoms with E-state index in [-0.39, 0.29) is 0 Å². The van der Waals surface area contributed by atoms with Crippen molar-refractivity contribution in [3.05, 3.63) is 18.0 Å². The van der Waals surface area contributed by atoms with Crippen molar-refractivity contribution >= 4 is 11.8 Å². The van der Waals surface area contributed by atoms with Crippen LogP contribution >= 0.6 is 11.8 Å². The van der Waals surface area contributed by atoms with Gasteiger partial charge in [-0.25, -0.2) is 0 Å². The number of hydrogen-bond donors (Lipinski definition) is 1. The van der Waals surface area contributed by atoms with Crippen molar-refractivity contribution in [2.24, 2.45) is 7.05 Å². The summed E-state index contributed by atoms with van der Waals surface area (Å²) in [5.41, 5.74) is 1.28. The molecule has 1 N–H and O–H groups in total. The van der Waals surface area contributed by atoms with Gasteiger partial charge < -0.3 is 5.32 Å². The van der Waals surface area contributed by atoms with Crippen molar-refractivity contribution in [2.45, 2.75) is 43.4 Å². The summed E-state index contributed by atoms with van der Waals surface area (Å²) in [6, 6.07) is 0.397. The monoisotopic (exact) mass is 253 g/mol. The highest BCUT2D eigenvalue weighted by molar-refractivity contribution is 8.00. The molecule has 0 amide bonds. The standard InChI is InChI=1S/C13H23N3S/c1-11(12-8-15-16(2)9-12)14-10-13(17-3)6-4-5-7-13/h8-9,11,14H,4-7,10H2,1-3H3. The second-order valence-corrected chi connectivity index (χ2v) is 6.42. The van der Waals surface area contributed by atoms with Crippen molar-refractivity contribution in [1.29, 1.82) is 0 Å². The maximum atomic E-state index is 4.23. The van der Waals surface area contributed by atoms with Crippen LogP contribution in [0.5, 0.6) is 0 Å². The van der Waals surface area contributed by atoms with Crippen molar-refractivity contribution in [1.82, 2.24) is 15.1 Å². The van der Waals surface area contributed by atoms with E-state index in [4.69, 9.17) is 0 Å². The fourth-order valence-corrected chi connectivity index (χ4v) is 3.52. The molecule has 0 bridgehead atoms. The van der Waals surface area contributed by atoms with Crippen LogP contribution in [-0.2, 0) is 7.05 Å². The second-order valence-electron chi connectivity index (χ2n) is 5.14. The summed E-state index contributed by atoms with van der Waals surface area (Å²) >= 11 is 2.04. The first-order valence-corrected chi connectivity index (χ1v) is 7.65. The number of thioether (sulfide) groups is 1. The molecule has 96 valence electrons. The Labute approximate surface area is 108 Å². The number of nitrogens with zero attached hydrogens (tertiary/aromatic N) is 2. The maximum Gasteiger partial charge on any atom is 0.0537 e. The van der Waals surface area contributed by atoms with Crippen LogP contribution in [-0.4, -0.2) is 27.3 Å². The molecule has 2 rings (SSSR count). The molecule has 4 heteroatoms. The first kappa shape index (κ1) is 13.0. The largest absolute Gasteiger partial charge is 0.309 e. The van der Waals surface area contributed by atoms with Crippen LogP contribution in [0.4, 0.5) is 0 Å². The molecule has 0 radical (unpaired) electrons. The Kier molecular flexibility index (Phi) is 4.15. The van der Waals surface area contributed by atoms with Crippen molar-refractivity contribution < 1.29 is 0 Å². The summed E-state index contributed by atoms with van der Waals surface area (Å²) in [6.45, 7) is 3.34. The Morgan fingerprint density at radius 1 is 1.53 bits per heavy atom. The molecule has 1 aromatic heterocycles. The summed E-state index contributed by atoms with van der Waals surface area (Å²) in [5, 5.41) is 7.90. The normalized spacial score (nSPS) is 20.6. The van der Waals surface area contributed by atoms with E-state index < -0.39 is 0 Å². The van der Waals surface area contributed by atoms with Gasteiger partial charge in [0.25, 0.3) is 0 Å². The van der Waals surface area contributed by atoms with Crippen LogP contribution in [0.25, 0.3) is 0 Å². The average Bonchev–Trinajstić information content (AvgIpc) is 2.95. The maximum absolute atomic E-state index is 4.23. The molecule has 17 heavy (non-hydrogen) atoms. The van der Waals surface area contributed by atoms with E-state index >= 15 is 0 Å². The highest BCUT2D eigenvalue weighted by Crippen LogP contribution is 2.39. The molecule has 3 nitrogen and oxygen atoms in total. The third-order valence-electron chi connectivity index (χ3n) is 3.90. The van der Waals surface area contributed by atoms with E-state index in [1.165, 1.54) is 31.2 Å². The van der Waals surface area contributed by atoms with Crippen molar-refractivity contribution in [3.8, 4) is 0 Å². The van der Waals surface area contributed by atoms with Crippen molar-refractivity contribution in [3.63, 3.8) is 0 Å². The zero-order valence-electron chi connectivity index (χ0n) is 11.1. The Morgan fingerprint density at radius 3 is 2.76 bits per heavy atom. The molecular formula is C13H23N3S. The summed E-state index contributed by atoms with van der Waals surface area (Å²) in [7, 11) is 1.97. The van der Waals surface area contributed by atoms with E-state index in [1.54, 1.807) is 0 Å². The van der Waals surface area contributed by atoms with Gasteiger partial charge in [0.15, 0.2) is 0 Å². The van der Waals surface area contributed by atoms with Gasteiger partial charge in [-0.3, -0.25) is 4.68 Å². The number of aromatic nitrogens is 2. The molecule has 1 saturated carbocycles. The average molecular weight is 253 g/mol. The van der Waals surface area contributed by atoms with E-state index in [2.05, 4.69) is 29.8 Å². The molecule has 1 atom stereocenters. The van der Waals surface area contributed by atoms with Crippen LogP contribution in [0.1, 0.15) is 44.2 Å². The number of aryl methyl sites for hydroxylation is 1. The van der Waals surface area contributed by atoms with Crippen LogP contribution < -0.4 is 5.32 Å². The van der Waals surface area contributed by atoms with Gasteiger partial charge in [-0.15, -0.1) is 0 Å². The van der Waals surface area contributed by atoms with Gasteiger partial charge in [0.2, 0.25) is 0 Å². The SMILES string of the molecule is CSC1(CNC(C)c2cnn(C)c2)CCCC1. The van der Waals surface area contributed by atoms with Crippen molar-refractivity contribution in [2.75, 3.05) is 12.8 Å². The smallest absolute Gasteiger partial charge is 0.0537 e. The number of nitrogens with one attached hydrogen (secondary N) is 1. The summed E-state index contributed by atoms with van der Waals surface area (Å²) in [4.78, 5) is 0. The number of hydrogen-bond acceptors (Lipinski definition) is 3. The zero-order valence-corrected chi connectivity index (χ0v) is 11.9. The fraction of sp³-hybridized carbons (Fsp3) is 0.769. The lowest BCUT2D eigenvalue weighted by Crippen LogP contribution is -2.36. The topological polar surface area (TPSA) is 29.9 Å². The van der Waals surface area contributed by atoms with Gasteiger partial charge in [-0.05, 0) is 26.0 Å². The molecule has 1 fully saturated rings. The van der Waals surface area contributed by atoms with E-state index in [0.29, 0.717) is 10.8 Å². The van der Waals surface area contributed by atoms with Gasteiger partial charge in [0, 0.05) is 36.1 Å². The summed E-state index contributed by atoms with van der Waals surface area (Å²) < 4.78 is 2.35. The predicted molar refractivity (Wildman–Crippen MR) is 74.3 cm³/mol. The zero-order chi connectivity index (χ0) is 12.3. The Morgan fingerprint density at radius 2 is 2.24 bits per heavy atom. The third-order valence-corrected chi connectivity index (χ3v) is 5.32. The Hall–Kier alpha value is -0.480. The van der Waals surface area contributed by atoms with Gasteiger partial charge >= 0.3 is 0 Å². The lowest BCUT2D eigenvalue weighted by molar-refractivity contribution is 0.486. The molecule has 1 aliphatic carbocycles. The molecule has 0 spiro atoms. The Balaban J connectivity index is 1.89. The molecule has 0 aromatic carbocycles. The predicted octanol–water partition coefficient (Wildman–Crippen LogP) is 2.75. The van der Waals surface area contributed by atoms with E-state index in [9.17, 15) is 0 Å². The molecular weight excluding hydrogens is 230 g/mol. The second kappa shape index (κ2) is 5.44. The molecule has 0 aliphatic heterocycles.